The number of nitrogens with two attached hydrogens (primary N) is 1. The Morgan fingerprint density at radius 3 is 2.79 bits per heavy atom. The lowest BCUT2D eigenvalue weighted by Crippen LogP contribution is -1.93. The average Bonchev–Trinajstić information content (AvgIpc) is 2.16. The van der Waals surface area contributed by atoms with E-state index in [1.54, 1.807) is 18.2 Å². The zero-order valence-corrected chi connectivity index (χ0v) is 7.24. The summed E-state index contributed by atoms with van der Waals surface area (Å²) in [7, 11) is 0. The largest absolute Gasteiger partial charge is 0.399 e. The van der Waals surface area contributed by atoms with Crippen molar-refractivity contribution in [3.8, 4) is 0 Å². The normalized spacial score (nSPS) is 11.1. The van der Waals surface area contributed by atoms with Crippen LogP contribution in [0, 0.1) is 0 Å². The summed E-state index contributed by atoms with van der Waals surface area (Å²) in [5.74, 6) is 0. The van der Waals surface area contributed by atoms with Crippen LogP contribution in [-0.4, -0.2) is 4.98 Å². The molecule has 0 saturated carbocycles. The van der Waals surface area contributed by atoms with Crippen LogP contribution in [0.25, 0.3) is 10.9 Å². The molecule has 14 heavy (non-hydrogen) atoms. The van der Waals surface area contributed by atoms with E-state index < -0.39 is 6.43 Å². The van der Waals surface area contributed by atoms with E-state index in [-0.39, 0.29) is 5.56 Å². The number of rotatable bonds is 1. The topological polar surface area (TPSA) is 38.9 Å². The maximum atomic E-state index is 12.6. The Labute approximate surface area is 79.4 Å². The lowest BCUT2D eigenvalue weighted by atomic mass is 10.1. The summed E-state index contributed by atoms with van der Waals surface area (Å²) in [4.78, 5) is 3.91. The molecule has 2 rings (SSSR count). The molecule has 0 bridgehead atoms. The molecule has 0 aliphatic carbocycles. The van der Waals surface area contributed by atoms with Crippen molar-refractivity contribution >= 4 is 16.6 Å². The lowest BCUT2D eigenvalue weighted by molar-refractivity contribution is 0.153. The van der Waals surface area contributed by atoms with Crippen molar-refractivity contribution in [1.82, 2.24) is 4.98 Å². The molecule has 2 N–H and O–H groups in total. The molecular formula is C10H8F2N2. The van der Waals surface area contributed by atoms with E-state index in [9.17, 15) is 8.78 Å². The molecule has 0 unspecified atom stereocenters. The molecule has 0 aliphatic heterocycles. The minimum Gasteiger partial charge on any atom is -0.399 e. The number of anilines is 1. The van der Waals surface area contributed by atoms with Gasteiger partial charge in [-0.2, -0.15) is 0 Å². The SMILES string of the molecule is Nc1cc(C(F)F)c2ncccc2c1. The molecule has 0 aliphatic rings. The van der Waals surface area contributed by atoms with E-state index in [0.717, 1.165) is 0 Å². The van der Waals surface area contributed by atoms with Gasteiger partial charge in [0.05, 0.1) is 5.52 Å². The minimum absolute atomic E-state index is 0.111. The van der Waals surface area contributed by atoms with Gasteiger partial charge in [-0.25, -0.2) is 8.78 Å². The number of nitrogens with zero attached hydrogens (tertiary/aromatic N) is 1. The fraction of sp³-hybridized carbons (Fsp3) is 0.100. The minimum atomic E-state index is -2.55. The Morgan fingerprint density at radius 1 is 1.29 bits per heavy atom. The van der Waals surface area contributed by atoms with Gasteiger partial charge in [-0.05, 0) is 18.2 Å². The highest BCUT2D eigenvalue weighted by Crippen LogP contribution is 2.28. The second-order valence-electron chi connectivity index (χ2n) is 2.99. The number of aromatic nitrogens is 1. The van der Waals surface area contributed by atoms with Crippen LogP contribution in [0.1, 0.15) is 12.0 Å². The summed E-state index contributed by atoms with van der Waals surface area (Å²) in [6.45, 7) is 0. The van der Waals surface area contributed by atoms with E-state index in [1.807, 2.05) is 0 Å². The number of halogens is 2. The number of fused-ring (bicyclic) bond motifs is 1. The molecule has 0 radical (unpaired) electrons. The monoisotopic (exact) mass is 194 g/mol. The van der Waals surface area contributed by atoms with Crippen LogP contribution >= 0.6 is 0 Å². The van der Waals surface area contributed by atoms with Crippen LogP contribution < -0.4 is 5.73 Å². The molecule has 1 aromatic heterocycles. The molecule has 2 aromatic rings. The van der Waals surface area contributed by atoms with Crippen LogP contribution in [0.3, 0.4) is 0 Å². The quantitative estimate of drug-likeness (QED) is 0.709. The van der Waals surface area contributed by atoms with E-state index in [0.29, 0.717) is 16.6 Å². The predicted molar refractivity (Wildman–Crippen MR) is 51.1 cm³/mol. The van der Waals surface area contributed by atoms with Crippen molar-refractivity contribution in [2.45, 2.75) is 6.43 Å². The predicted octanol–water partition coefficient (Wildman–Crippen LogP) is 2.75. The average molecular weight is 194 g/mol. The second-order valence-corrected chi connectivity index (χ2v) is 2.99. The fourth-order valence-corrected chi connectivity index (χ4v) is 1.41. The van der Waals surface area contributed by atoms with E-state index >= 15 is 0 Å². The Kier molecular flexibility index (Phi) is 2.04. The van der Waals surface area contributed by atoms with Gasteiger partial charge in [-0.3, -0.25) is 4.98 Å². The van der Waals surface area contributed by atoms with Crippen LogP contribution in [0.2, 0.25) is 0 Å². The number of alkyl halides is 2. The molecule has 0 saturated heterocycles. The molecule has 1 aromatic carbocycles. The van der Waals surface area contributed by atoms with E-state index in [1.165, 1.54) is 12.3 Å². The molecule has 1 heterocycles. The van der Waals surface area contributed by atoms with Gasteiger partial charge in [0.15, 0.2) is 0 Å². The molecule has 0 spiro atoms. The van der Waals surface area contributed by atoms with Gasteiger partial charge in [0.2, 0.25) is 0 Å². The molecule has 0 amide bonds. The van der Waals surface area contributed by atoms with Crippen molar-refractivity contribution in [3.05, 3.63) is 36.0 Å². The zero-order valence-electron chi connectivity index (χ0n) is 7.24. The summed E-state index contributed by atoms with van der Waals surface area (Å²) < 4.78 is 25.2. The third-order valence-electron chi connectivity index (χ3n) is 1.99. The van der Waals surface area contributed by atoms with Gasteiger partial charge in [0.1, 0.15) is 0 Å². The van der Waals surface area contributed by atoms with Crippen LogP contribution in [0.15, 0.2) is 30.5 Å². The van der Waals surface area contributed by atoms with Gasteiger partial charge in [0, 0.05) is 22.8 Å². The molecule has 72 valence electrons. The van der Waals surface area contributed by atoms with Gasteiger partial charge in [-0.15, -0.1) is 0 Å². The van der Waals surface area contributed by atoms with E-state index in [2.05, 4.69) is 4.98 Å². The van der Waals surface area contributed by atoms with E-state index in [4.69, 9.17) is 5.73 Å². The van der Waals surface area contributed by atoms with Gasteiger partial charge < -0.3 is 5.73 Å². The molecule has 0 fully saturated rings. The maximum Gasteiger partial charge on any atom is 0.266 e. The molecule has 4 heteroatoms. The first-order chi connectivity index (χ1) is 6.68. The summed E-state index contributed by atoms with van der Waals surface area (Å²) in [6, 6.07) is 6.30. The first-order valence-electron chi connectivity index (χ1n) is 4.11. The fourth-order valence-electron chi connectivity index (χ4n) is 1.41. The molecule has 0 atom stereocenters. The summed E-state index contributed by atoms with van der Waals surface area (Å²) in [6.07, 6.45) is -1.05. The number of hydrogen-bond acceptors (Lipinski definition) is 2. The number of benzene rings is 1. The number of hydrogen-bond donors (Lipinski definition) is 1. The maximum absolute atomic E-state index is 12.6. The van der Waals surface area contributed by atoms with Crippen LogP contribution in [0.5, 0.6) is 0 Å². The van der Waals surface area contributed by atoms with Crippen molar-refractivity contribution in [1.29, 1.82) is 0 Å². The van der Waals surface area contributed by atoms with Gasteiger partial charge in [0.25, 0.3) is 6.43 Å². The number of nitrogen functional groups attached to an aromatic ring is 1. The molecule has 2 nitrogen and oxygen atoms in total. The highest BCUT2D eigenvalue weighted by Gasteiger charge is 2.12. The standard InChI is InChI=1S/C10H8F2N2/c11-10(12)8-5-7(13)4-6-2-1-3-14-9(6)8/h1-5,10H,13H2. The first-order valence-corrected chi connectivity index (χ1v) is 4.11. The Balaban J connectivity index is 2.80. The number of pyridine rings is 1. The summed E-state index contributed by atoms with van der Waals surface area (Å²) >= 11 is 0. The summed E-state index contributed by atoms with van der Waals surface area (Å²) in [5.41, 5.74) is 6.04. The Morgan fingerprint density at radius 2 is 2.07 bits per heavy atom. The van der Waals surface area contributed by atoms with Gasteiger partial charge >= 0.3 is 0 Å². The Hall–Kier alpha value is -1.71. The van der Waals surface area contributed by atoms with Crippen molar-refractivity contribution in [2.75, 3.05) is 5.73 Å². The van der Waals surface area contributed by atoms with Crippen LogP contribution in [-0.2, 0) is 0 Å². The third-order valence-corrected chi connectivity index (χ3v) is 1.99. The first kappa shape index (κ1) is 8.87. The summed E-state index contributed by atoms with van der Waals surface area (Å²) in [5, 5.41) is 0.641. The Bertz CT molecular complexity index is 469. The lowest BCUT2D eigenvalue weighted by Gasteiger charge is -2.05. The molecular weight excluding hydrogens is 186 g/mol. The van der Waals surface area contributed by atoms with Crippen molar-refractivity contribution < 1.29 is 8.78 Å². The third kappa shape index (κ3) is 1.39. The van der Waals surface area contributed by atoms with Gasteiger partial charge in [-0.1, -0.05) is 6.07 Å². The highest BCUT2D eigenvalue weighted by atomic mass is 19.3. The smallest absolute Gasteiger partial charge is 0.266 e. The second kappa shape index (κ2) is 3.21. The van der Waals surface area contributed by atoms with Crippen molar-refractivity contribution in [3.63, 3.8) is 0 Å². The zero-order chi connectivity index (χ0) is 10.1. The highest BCUT2D eigenvalue weighted by molar-refractivity contribution is 5.85. The van der Waals surface area contributed by atoms with Crippen LogP contribution in [0.4, 0.5) is 14.5 Å². The van der Waals surface area contributed by atoms with Crippen molar-refractivity contribution in [2.24, 2.45) is 0 Å².